The van der Waals surface area contributed by atoms with Crippen molar-refractivity contribution >= 4 is 5.91 Å². The summed E-state index contributed by atoms with van der Waals surface area (Å²) in [5, 5.41) is 17.8. The summed E-state index contributed by atoms with van der Waals surface area (Å²) in [4.78, 5) is 18.5. The smallest absolute Gasteiger partial charge is 0.231 e. The largest absolute Gasteiger partial charge is 0.396 e. The molecule has 3 rings (SSSR count). The van der Waals surface area contributed by atoms with Crippen LogP contribution in [0.15, 0.2) is 10.6 Å². The van der Waals surface area contributed by atoms with Crippen molar-refractivity contribution in [1.29, 1.82) is 0 Å². The summed E-state index contributed by atoms with van der Waals surface area (Å²) in [6, 6.07) is 2.00. The highest BCUT2D eigenvalue weighted by atomic mass is 16.5. The molecule has 0 aromatic carbocycles. The van der Waals surface area contributed by atoms with Crippen LogP contribution in [0, 0.1) is 26.7 Å². The molecular weight excluding hydrogens is 310 g/mol. The van der Waals surface area contributed by atoms with Crippen LogP contribution in [-0.4, -0.2) is 55.5 Å². The van der Waals surface area contributed by atoms with Gasteiger partial charge in [0.25, 0.3) is 0 Å². The summed E-state index contributed by atoms with van der Waals surface area (Å²) >= 11 is 0. The number of carbonyl (C=O) groups is 1. The molecule has 2 atom stereocenters. The molecule has 1 aliphatic rings. The minimum Gasteiger partial charge on any atom is -0.396 e. The number of amides is 1. The number of aryl methyl sites for hydroxylation is 4. The van der Waals surface area contributed by atoms with Gasteiger partial charge in [0.15, 0.2) is 5.82 Å². The van der Waals surface area contributed by atoms with E-state index in [4.69, 9.17) is 4.52 Å². The maximum Gasteiger partial charge on any atom is 0.231 e. The molecular formula is C16H23N5O3. The number of rotatable bonds is 5. The number of aromatic nitrogens is 4. The molecule has 24 heavy (non-hydrogen) atoms. The van der Waals surface area contributed by atoms with E-state index in [0.717, 1.165) is 11.4 Å². The lowest BCUT2D eigenvalue weighted by atomic mass is 9.97. The van der Waals surface area contributed by atoms with Crippen molar-refractivity contribution in [2.24, 2.45) is 5.92 Å². The van der Waals surface area contributed by atoms with Gasteiger partial charge in [0.05, 0.1) is 11.6 Å². The predicted octanol–water partition coefficient (Wildman–Crippen LogP) is 0.816. The van der Waals surface area contributed by atoms with Crippen molar-refractivity contribution in [3.63, 3.8) is 0 Å². The van der Waals surface area contributed by atoms with Crippen molar-refractivity contribution in [2.75, 3.05) is 19.7 Å². The van der Waals surface area contributed by atoms with E-state index in [1.165, 1.54) is 0 Å². The van der Waals surface area contributed by atoms with Gasteiger partial charge in [-0.2, -0.15) is 10.1 Å². The minimum atomic E-state index is -0.103. The summed E-state index contributed by atoms with van der Waals surface area (Å²) in [6.45, 7) is 7.25. The first-order valence-corrected chi connectivity index (χ1v) is 8.18. The highest BCUT2D eigenvalue weighted by Gasteiger charge is 2.38. The molecule has 0 radical (unpaired) electrons. The zero-order chi connectivity index (χ0) is 17.3. The third kappa shape index (κ3) is 3.33. The van der Waals surface area contributed by atoms with Gasteiger partial charge in [-0.15, -0.1) is 0 Å². The van der Waals surface area contributed by atoms with Crippen molar-refractivity contribution in [3.05, 3.63) is 29.2 Å². The maximum absolute atomic E-state index is 12.5. The van der Waals surface area contributed by atoms with Gasteiger partial charge in [0, 0.05) is 44.3 Å². The van der Waals surface area contributed by atoms with E-state index in [2.05, 4.69) is 15.2 Å². The molecule has 8 heteroatoms. The van der Waals surface area contributed by atoms with Gasteiger partial charge in [-0.05, 0) is 26.8 Å². The van der Waals surface area contributed by atoms with E-state index in [1.54, 1.807) is 11.8 Å². The van der Waals surface area contributed by atoms with E-state index in [-0.39, 0.29) is 24.3 Å². The Morgan fingerprint density at radius 2 is 2.17 bits per heavy atom. The molecule has 0 bridgehead atoms. The monoisotopic (exact) mass is 333 g/mol. The minimum absolute atomic E-state index is 0.00661. The molecule has 1 amide bonds. The molecule has 0 spiro atoms. The quantitative estimate of drug-likeness (QED) is 0.870. The maximum atomic E-state index is 12.5. The highest BCUT2D eigenvalue weighted by molar-refractivity contribution is 5.76. The average Bonchev–Trinajstić information content (AvgIpc) is 3.23. The molecule has 0 unspecified atom stereocenters. The van der Waals surface area contributed by atoms with Crippen LogP contribution in [0.5, 0.6) is 0 Å². The number of aliphatic hydroxyl groups excluding tert-OH is 1. The van der Waals surface area contributed by atoms with Gasteiger partial charge in [0.1, 0.15) is 0 Å². The Bertz CT molecular complexity index is 723. The summed E-state index contributed by atoms with van der Waals surface area (Å²) in [5.41, 5.74) is 2.00. The summed E-state index contributed by atoms with van der Waals surface area (Å²) in [7, 11) is 0. The second kappa shape index (κ2) is 6.72. The molecule has 2 aromatic heterocycles. The number of likely N-dealkylation sites (tertiary alicyclic amines) is 1. The Hall–Kier alpha value is -2.22. The second-order valence-corrected chi connectivity index (χ2v) is 6.43. The average molecular weight is 333 g/mol. The fourth-order valence-electron chi connectivity index (χ4n) is 3.26. The third-order valence-electron chi connectivity index (χ3n) is 4.53. The molecule has 130 valence electrons. The van der Waals surface area contributed by atoms with E-state index >= 15 is 0 Å². The predicted molar refractivity (Wildman–Crippen MR) is 85.2 cm³/mol. The van der Waals surface area contributed by atoms with Gasteiger partial charge in [-0.3, -0.25) is 9.48 Å². The first-order chi connectivity index (χ1) is 11.5. The van der Waals surface area contributed by atoms with Gasteiger partial charge >= 0.3 is 0 Å². The summed E-state index contributed by atoms with van der Waals surface area (Å²) in [5.74, 6) is 0.951. The van der Waals surface area contributed by atoms with Crippen LogP contribution in [0.2, 0.25) is 0 Å². The second-order valence-electron chi connectivity index (χ2n) is 6.43. The van der Waals surface area contributed by atoms with Crippen molar-refractivity contribution in [3.8, 4) is 0 Å². The summed E-state index contributed by atoms with van der Waals surface area (Å²) < 4.78 is 7.08. The van der Waals surface area contributed by atoms with Crippen LogP contribution in [0.25, 0.3) is 0 Å². The van der Waals surface area contributed by atoms with Crippen molar-refractivity contribution in [2.45, 2.75) is 39.7 Å². The molecule has 2 aromatic rings. The van der Waals surface area contributed by atoms with Gasteiger partial charge in [0.2, 0.25) is 11.8 Å². The van der Waals surface area contributed by atoms with E-state index in [1.807, 2.05) is 24.6 Å². The van der Waals surface area contributed by atoms with Gasteiger partial charge in [-0.25, -0.2) is 0 Å². The summed E-state index contributed by atoms with van der Waals surface area (Å²) in [6.07, 6.45) is 0.385. The number of hydrogen-bond acceptors (Lipinski definition) is 6. The Morgan fingerprint density at radius 3 is 2.75 bits per heavy atom. The Balaban J connectivity index is 1.62. The number of aliphatic hydroxyl groups is 1. The van der Waals surface area contributed by atoms with Gasteiger partial charge in [-0.1, -0.05) is 5.16 Å². The topological polar surface area (TPSA) is 97.3 Å². The van der Waals surface area contributed by atoms with Crippen LogP contribution in [0.1, 0.15) is 35.4 Å². The zero-order valence-electron chi connectivity index (χ0n) is 14.3. The number of carbonyl (C=O) groups excluding carboxylic acids is 1. The van der Waals surface area contributed by atoms with Crippen molar-refractivity contribution in [1.82, 2.24) is 24.8 Å². The SMILES string of the molecule is Cc1cc(C)n(CCC(=O)N2C[C@@H](CO)[C@H](c3nc(C)no3)C2)n1. The van der Waals surface area contributed by atoms with Crippen LogP contribution in [0.4, 0.5) is 0 Å². The van der Waals surface area contributed by atoms with E-state index < -0.39 is 0 Å². The lowest BCUT2D eigenvalue weighted by Gasteiger charge is -2.16. The lowest BCUT2D eigenvalue weighted by molar-refractivity contribution is -0.130. The first-order valence-electron chi connectivity index (χ1n) is 8.18. The van der Waals surface area contributed by atoms with Crippen LogP contribution in [-0.2, 0) is 11.3 Å². The molecule has 0 saturated carbocycles. The first kappa shape index (κ1) is 16.6. The molecule has 1 saturated heterocycles. The Morgan fingerprint density at radius 1 is 1.38 bits per heavy atom. The highest BCUT2D eigenvalue weighted by Crippen LogP contribution is 2.31. The Labute approximate surface area is 140 Å². The zero-order valence-corrected chi connectivity index (χ0v) is 14.3. The van der Waals surface area contributed by atoms with Crippen LogP contribution < -0.4 is 0 Å². The molecule has 0 aliphatic carbocycles. The van der Waals surface area contributed by atoms with E-state index in [9.17, 15) is 9.90 Å². The van der Waals surface area contributed by atoms with E-state index in [0.29, 0.717) is 37.8 Å². The molecule has 3 heterocycles. The number of nitrogens with zero attached hydrogens (tertiary/aromatic N) is 5. The Kier molecular flexibility index (Phi) is 4.66. The van der Waals surface area contributed by atoms with Crippen LogP contribution >= 0.6 is 0 Å². The van der Waals surface area contributed by atoms with Gasteiger partial charge < -0.3 is 14.5 Å². The molecule has 1 fully saturated rings. The molecule has 1 N–H and O–H groups in total. The number of hydrogen-bond donors (Lipinski definition) is 1. The fourth-order valence-corrected chi connectivity index (χ4v) is 3.26. The fraction of sp³-hybridized carbons (Fsp3) is 0.625. The standard InChI is InChI=1S/C16H23N5O3/c1-10-6-11(2)21(18-10)5-4-15(23)20-7-13(9-22)14(8-20)16-17-12(3)19-24-16/h6,13-14,22H,4-5,7-9H2,1-3H3/t13-,14+/m0/s1. The normalized spacial score (nSPS) is 20.8. The third-order valence-corrected chi connectivity index (χ3v) is 4.53. The molecule has 8 nitrogen and oxygen atoms in total. The lowest BCUT2D eigenvalue weighted by Crippen LogP contribution is -2.30. The molecule has 1 aliphatic heterocycles. The van der Waals surface area contributed by atoms with Crippen LogP contribution in [0.3, 0.4) is 0 Å². The van der Waals surface area contributed by atoms with Crippen molar-refractivity contribution < 1.29 is 14.4 Å².